The van der Waals surface area contributed by atoms with Crippen molar-refractivity contribution >= 4 is 17.6 Å². The maximum Gasteiger partial charge on any atom is 0.340 e. The average molecular weight is 491 g/mol. The molecule has 7 heteroatoms. The topological polar surface area (TPSA) is 61.3 Å². The number of ether oxygens (including phenoxy) is 2. The van der Waals surface area contributed by atoms with Crippen LogP contribution in [0.15, 0.2) is 30.6 Å². The number of alkyl halides is 1. The van der Waals surface area contributed by atoms with Crippen molar-refractivity contribution in [1.82, 2.24) is 9.97 Å². The van der Waals surface area contributed by atoms with Crippen LogP contribution in [0.3, 0.4) is 0 Å². The summed E-state index contributed by atoms with van der Waals surface area (Å²) in [5, 5.41) is 0.528. The van der Waals surface area contributed by atoms with Crippen molar-refractivity contribution in [1.29, 1.82) is 0 Å². The van der Waals surface area contributed by atoms with Crippen LogP contribution in [0.25, 0.3) is 11.4 Å². The highest BCUT2D eigenvalue weighted by molar-refractivity contribution is 6.32. The fraction of sp³-hybridized carbons (Fsp3) is 0.593. The first kappa shape index (κ1) is 26.4. The first-order valence-corrected chi connectivity index (χ1v) is 13.0. The lowest BCUT2D eigenvalue weighted by Crippen LogP contribution is -2.30. The third-order valence-electron chi connectivity index (χ3n) is 6.33. The maximum absolute atomic E-state index is 13.8. The van der Waals surface area contributed by atoms with Crippen LogP contribution in [0.5, 0.6) is 5.75 Å². The summed E-state index contributed by atoms with van der Waals surface area (Å²) in [6.07, 6.45) is 10.3. The van der Waals surface area contributed by atoms with Crippen molar-refractivity contribution in [3.05, 3.63) is 41.2 Å². The zero-order chi connectivity index (χ0) is 24.3. The highest BCUT2D eigenvalue weighted by Crippen LogP contribution is 2.32. The lowest BCUT2D eigenvalue weighted by atomic mass is 9.88. The Kier molecular flexibility index (Phi) is 10.6. The van der Waals surface area contributed by atoms with Crippen LogP contribution in [0.4, 0.5) is 4.39 Å². The largest absolute Gasteiger partial charge is 0.492 e. The molecular weight excluding hydrogens is 455 g/mol. The van der Waals surface area contributed by atoms with Gasteiger partial charge in [0.15, 0.2) is 12.0 Å². The summed E-state index contributed by atoms with van der Waals surface area (Å²) in [6.45, 7) is 4.69. The molecule has 0 bridgehead atoms. The van der Waals surface area contributed by atoms with Gasteiger partial charge in [0, 0.05) is 18.0 Å². The minimum Gasteiger partial charge on any atom is -0.492 e. The standard InChI is InChI=1S/C27H36ClFN2O3/c1-3-5-7-20-16-30-26(31-17-20)21-11-14-25(23(28)15-21)33-18-19-9-12-22(13-10-19)34-27(32)24(29)8-6-4-2/h11,14-17,19,22,24H,3-10,12-13,18H2,1-2H3/t19-,22-,24-/m0/s1. The van der Waals surface area contributed by atoms with Crippen molar-refractivity contribution in [2.75, 3.05) is 6.61 Å². The van der Waals surface area contributed by atoms with Crippen LogP contribution in [-0.4, -0.2) is 34.8 Å². The average Bonchev–Trinajstić information content (AvgIpc) is 2.86. The monoisotopic (exact) mass is 490 g/mol. The van der Waals surface area contributed by atoms with E-state index in [4.69, 9.17) is 21.1 Å². The van der Waals surface area contributed by atoms with E-state index in [2.05, 4.69) is 16.9 Å². The molecule has 1 aliphatic carbocycles. The molecule has 1 aliphatic rings. The van der Waals surface area contributed by atoms with Gasteiger partial charge in [0.2, 0.25) is 0 Å². The van der Waals surface area contributed by atoms with Gasteiger partial charge in [0.25, 0.3) is 0 Å². The van der Waals surface area contributed by atoms with E-state index in [0.29, 0.717) is 35.5 Å². The number of rotatable bonds is 12. The molecule has 1 atom stereocenters. The van der Waals surface area contributed by atoms with Crippen LogP contribution in [0, 0.1) is 5.92 Å². The summed E-state index contributed by atoms with van der Waals surface area (Å²) in [4.78, 5) is 20.8. The molecule has 0 N–H and O–H groups in total. The molecule has 1 aromatic heterocycles. The fourth-order valence-electron chi connectivity index (χ4n) is 4.13. The van der Waals surface area contributed by atoms with E-state index in [9.17, 15) is 9.18 Å². The number of carbonyl (C=O) groups is 1. The Morgan fingerprint density at radius 3 is 2.47 bits per heavy atom. The third kappa shape index (κ3) is 7.93. The summed E-state index contributed by atoms with van der Waals surface area (Å²) in [5.74, 6) is 0.923. The molecule has 0 amide bonds. The predicted octanol–water partition coefficient (Wildman–Crippen LogP) is 7.15. The number of hydrogen-bond acceptors (Lipinski definition) is 5. The van der Waals surface area contributed by atoms with Gasteiger partial charge in [-0.15, -0.1) is 0 Å². The number of hydrogen-bond donors (Lipinski definition) is 0. The van der Waals surface area contributed by atoms with Gasteiger partial charge in [0.05, 0.1) is 11.6 Å². The summed E-state index contributed by atoms with van der Waals surface area (Å²) in [5.41, 5.74) is 1.99. The second-order valence-electron chi connectivity index (χ2n) is 9.16. The van der Waals surface area contributed by atoms with Crippen LogP contribution in [0.2, 0.25) is 5.02 Å². The Hall–Kier alpha value is -2.21. The Morgan fingerprint density at radius 2 is 1.82 bits per heavy atom. The van der Waals surface area contributed by atoms with Gasteiger partial charge in [0.1, 0.15) is 11.9 Å². The van der Waals surface area contributed by atoms with Crippen LogP contribution < -0.4 is 4.74 Å². The molecule has 0 spiro atoms. The van der Waals surface area contributed by atoms with Gasteiger partial charge in [-0.2, -0.15) is 0 Å². The zero-order valence-electron chi connectivity index (χ0n) is 20.3. The Balaban J connectivity index is 1.44. The van der Waals surface area contributed by atoms with Gasteiger partial charge < -0.3 is 9.47 Å². The number of nitrogens with zero attached hydrogens (tertiary/aromatic N) is 2. The number of carbonyl (C=O) groups excluding carboxylic acids is 1. The SMILES string of the molecule is CCCCc1cnc(-c2ccc(OC[C@H]3CC[C@H](OC(=O)[C@@H](F)CCCC)CC3)c(Cl)c2)nc1. The molecule has 34 heavy (non-hydrogen) atoms. The van der Waals surface area contributed by atoms with Gasteiger partial charge in [-0.1, -0.05) is 44.7 Å². The molecule has 1 heterocycles. The van der Waals surface area contributed by atoms with Crippen molar-refractivity contribution < 1.29 is 18.7 Å². The van der Waals surface area contributed by atoms with Crippen molar-refractivity contribution in [2.45, 2.75) is 90.3 Å². The molecule has 2 aromatic rings. The minimum atomic E-state index is -1.50. The van der Waals surface area contributed by atoms with E-state index < -0.39 is 12.1 Å². The van der Waals surface area contributed by atoms with Crippen LogP contribution >= 0.6 is 11.6 Å². The maximum atomic E-state index is 13.8. The van der Waals surface area contributed by atoms with Crippen molar-refractivity contribution in [3.8, 4) is 17.1 Å². The smallest absolute Gasteiger partial charge is 0.340 e. The van der Waals surface area contributed by atoms with Gasteiger partial charge in [-0.25, -0.2) is 19.2 Å². The van der Waals surface area contributed by atoms with E-state index in [1.165, 1.54) is 0 Å². The number of aryl methyl sites for hydroxylation is 1. The predicted molar refractivity (Wildman–Crippen MR) is 133 cm³/mol. The summed E-state index contributed by atoms with van der Waals surface area (Å²) in [7, 11) is 0. The van der Waals surface area contributed by atoms with E-state index in [1.807, 2.05) is 37.5 Å². The number of halogens is 2. The fourth-order valence-corrected chi connectivity index (χ4v) is 4.37. The highest BCUT2D eigenvalue weighted by Gasteiger charge is 2.27. The second kappa shape index (κ2) is 13.6. The van der Waals surface area contributed by atoms with Gasteiger partial charge >= 0.3 is 5.97 Å². The first-order valence-electron chi connectivity index (χ1n) is 12.6. The summed E-state index contributed by atoms with van der Waals surface area (Å²) >= 11 is 6.47. The normalized spacial score (nSPS) is 18.9. The van der Waals surface area contributed by atoms with Crippen molar-refractivity contribution in [2.24, 2.45) is 5.92 Å². The van der Waals surface area contributed by atoms with Crippen LogP contribution in [-0.2, 0) is 16.0 Å². The molecule has 0 aliphatic heterocycles. The molecule has 1 fully saturated rings. The highest BCUT2D eigenvalue weighted by atomic mass is 35.5. The van der Waals surface area contributed by atoms with Crippen LogP contribution in [0.1, 0.15) is 77.2 Å². The summed E-state index contributed by atoms with van der Waals surface area (Å²) < 4.78 is 25.2. The van der Waals surface area contributed by atoms with E-state index >= 15 is 0 Å². The van der Waals surface area contributed by atoms with E-state index in [1.54, 1.807) is 0 Å². The Morgan fingerprint density at radius 1 is 1.12 bits per heavy atom. The molecule has 1 aromatic carbocycles. The number of benzene rings is 1. The lowest BCUT2D eigenvalue weighted by molar-refractivity contribution is -0.157. The molecule has 1 saturated carbocycles. The molecule has 0 radical (unpaired) electrons. The number of aromatic nitrogens is 2. The molecule has 5 nitrogen and oxygen atoms in total. The Labute approximate surface area is 207 Å². The van der Waals surface area contributed by atoms with Crippen molar-refractivity contribution in [3.63, 3.8) is 0 Å². The minimum absolute atomic E-state index is 0.195. The molecule has 3 rings (SSSR count). The lowest BCUT2D eigenvalue weighted by Gasteiger charge is -2.28. The number of unbranched alkanes of at least 4 members (excludes halogenated alkanes) is 2. The molecular formula is C27H36ClFN2O3. The first-order chi connectivity index (χ1) is 16.5. The second-order valence-corrected chi connectivity index (χ2v) is 9.57. The van der Waals surface area contributed by atoms with E-state index in [-0.39, 0.29) is 12.5 Å². The van der Waals surface area contributed by atoms with E-state index in [0.717, 1.165) is 62.5 Å². The molecule has 0 saturated heterocycles. The quantitative estimate of drug-likeness (QED) is 0.295. The summed E-state index contributed by atoms with van der Waals surface area (Å²) in [6, 6.07) is 5.61. The Bertz CT molecular complexity index is 901. The van der Waals surface area contributed by atoms with Gasteiger partial charge in [-0.05, 0) is 74.6 Å². The number of esters is 1. The third-order valence-corrected chi connectivity index (χ3v) is 6.63. The van der Waals surface area contributed by atoms with Gasteiger partial charge in [-0.3, -0.25) is 0 Å². The molecule has 0 unspecified atom stereocenters. The molecule has 186 valence electrons. The zero-order valence-corrected chi connectivity index (χ0v) is 21.0.